The van der Waals surface area contributed by atoms with E-state index >= 15 is 0 Å². The molecule has 0 saturated carbocycles. The van der Waals surface area contributed by atoms with E-state index in [1.54, 1.807) is 41.8 Å². The summed E-state index contributed by atoms with van der Waals surface area (Å²) >= 11 is 13.6. The second kappa shape index (κ2) is 12.6. The SMILES string of the molecule is CC1=C(C(=O)Nc2ccccc2)C(c2ccc(C(C)C)cc2)n2c(s/c(=C/c3ccc(-c4cc(Cl)c([N+](=O)[O-])cc4Cl)o3)c2=O)=N1. The van der Waals surface area contributed by atoms with Crippen molar-refractivity contribution >= 4 is 57.9 Å². The third-order valence-corrected chi connectivity index (χ3v) is 9.21. The van der Waals surface area contributed by atoms with Gasteiger partial charge < -0.3 is 9.73 Å². The second-order valence-corrected chi connectivity index (χ2v) is 12.8. The summed E-state index contributed by atoms with van der Waals surface area (Å²) < 4.78 is 7.86. The smallest absolute Gasteiger partial charge is 0.289 e. The zero-order valence-corrected chi connectivity index (χ0v) is 27.1. The number of allylic oxidation sites excluding steroid dienone is 1. The molecule has 1 atom stereocenters. The lowest BCUT2D eigenvalue weighted by atomic mass is 9.93. The van der Waals surface area contributed by atoms with Gasteiger partial charge in [-0.2, -0.15) is 0 Å². The molecule has 1 aliphatic heterocycles. The molecule has 12 heteroatoms. The maximum Gasteiger partial charge on any atom is 0.289 e. The van der Waals surface area contributed by atoms with E-state index in [4.69, 9.17) is 32.6 Å². The van der Waals surface area contributed by atoms with Crippen LogP contribution < -0.4 is 20.2 Å². The highest BCUT2D eigenvalue weighted by atomic mass is 35.5. The number of nitro benzene ring substituents is 1. The van der Waals surface area contributed by atoms with Crippen molar-refractivity contribution in [3.05, 3.63) is 147 Å². The minimum absolute atomic E-state index is 0.0837. The molecular weight excluding hydrogens is 647 g/mol. The average molecular weight is 674 g/mol. The molecule has 0 fully saturated rings. The largest absolute Gasteiger partial charge is 0.457 e. The minimum Gasteiger partial charge on any atom is -0.457 e. The molecule has 6 rings (SSSR count). The van der Waals surface area contributed by atoms with Gasteiger partial charge in [-0.05, 0) is 54.3 Å². The standard InChI is InChI=1S/C34H26Cl2N4O5S/c1-18(2)20-9-11-21(12-10-20)31-30(32(41)38-22-7-5-4-6-8-22)19(3)37-34-39(31)33(42)29(46-34)15-23-13-14-28(45-23)24-16-26(36)27(40(43)44)17-25(24)35/h4-18,31H,1-3H3,(H,38,41)/b29-15+. The number of rotatable bonds is 7. The summed E-state index contributed by atoms with van der Waals surface area (Å²) in [7, 11) is 0. The Kier molecular flexibility index (Phi) is 8.52. The number of furan rings is 1. The Bertz CT molecular complexity index is 2220. The molecule has 1 unspecified atom stereocenters. The normalized spacial score (nSPS) is 14.7. The zero-order chi connectivity index (χ0) is 32.7. The molecule has 1 aliphatic rings. The van der Waals surface area contributed by atoms with Gasteiger partial charge in [-0.3, -0.25) is 24.3 Å². The van der Waals surface area contributed by atoms with Gasteiger partial charge >= 0.3 is 0 Å². The third-order valence-electron chi connectivity index (χ3n) is 7.62. The van der Waals surface area contributed by atoms with Crippen molar-refractivity contribution in [1.29, 1.82) is 0 Å². The minimum atomic E-state index is -0.725. The first-order valence-electron chi connectivity index (χ1n) is 14.2. The monoisotopic (exact) mass is 672 g/mol. The van der Waals surface area contributed by atoms with Gasteiger partial charge in [0.2, 0.25) is 0 Å². The molecule has 3 aromatic carbocycles. The van der Waals surface area contributed by atoms with E-state index in [0.29, 0.717) is 49.3 Å². The highest BCUT2D eigenvalue weighted by molar-refractivity contribution is 7.07. The van der Waals surface area contributed by atoms with Gasteiger partial charge in [-0.25, -0.2) is 4.99 Å². The van der Waals surface area contributed by atoms with Gasteiger partial charge in [0.25, 0.3) is 17.2 Å². The molecule has 1 amide bonds. The fourth-order valence-corrected chi connectivity index (χ4v) is 6.79. The molecular formula is C34H26Cl2N4O5S. The molecule has 5 aromatic rings. The van der Waals surface area contributed by atoms with Gasteiger partial charge in [-0.15, -0.1) is 0 Å². The van der Waals surface area contributed by atoms with Crippen LogP contribution in [0.2, 0.25) is 10.0 Å². The zero-order valence-electron chi connectivity index (χ0n) is 24.8. The number of hydrogen-bond donors (Lipinski definition) is 1. The Hall–Kier alpha value is -4.77. The van der Waals surface area contributed by atoms with E-state index < -0.39 is 11.0 Å². The topological polar surface area (TPSA) is 120 Å². The molecule has 46 heavy (non-hydrogen) atoms. The number of thiazole rings is 1. The Labute approximate surface area is 276 Å². The number of halogens is 2. The Morgan fingerprint density at radius 1 is 1.07 bits per heavy atom. The number of carbonyl (C=O) groups excluding carboxylic acids is 1. The summed E-state index contributed by atoms with van der Waals surface area (Å²) in [5.74, 6) is 0.624. The summed E-state index contributed by atoms with van der Waals surface area (Å²) in [6, 6.07) is 22.1. The van der Waals surface area contributed by atoms with Crippen molar-refractivity contribution in [2.75, 3.05) is 5.32 Å². The third kappa shape index (κ3) is 5.94. The molecule has 1 N–H and O–H groups in total. The van der Waals surface area contributed by atoms with Crippen LogP contribution in [0.1, 0.15) is 49.6 Å². The van der Waals surface area contributed by atoms with E-state index in [0.717, 1.165) is 11.1 Å². The average Bonchev–Trinajstić information content (AvgIpc) is 3.61. The van der Waals surface area contributed by atoms with E-state index in [1.807, 2.05) is 42.5 Å². The Morgan fingerprint density at radius 3 is 2.46 bits per heavy atom. The van der Waals surface area contributed by atoms with Crippen LogP contribution in [-0.4, -0.2) is 15.4 Å². The van der Waals surface area contributed by atoms with Gasteiger partial charge in [0.05, 0.1) is 31.8 Å². The van der Waals surface area contributed by atoms with Gasteiger partial charge in [0.1, 0.15) is 16.5 Å². The maximum atomic E-state index is 14.1. The number of anilines is 1. The van der Waals surface area contributed by atoms with Crippen molar-refractivity contribution in [2.45, 2.75) is 32.7 Å². The fraction of sp³-hybridized carbons (Fsp3) is 0.147. The number of hydrogen-bond acceptors (Lipinski definition) is 7. The van der Waals surface area contributed by atoms with Crippen LogP contribution in [0.5, 0.6) is 0 Å². The van der Waals surface area contributed by atoms with Gasteiger partial charge in [-0.1, -0.05) is 90.9 Å². The molecule has 2 aromatic heterocycles. The maximum absolute atomic E-state index is 14.1. The first-order valence-corrected chi connectivity index (χ1v) is 15.8. The summed E-state index contributed by atoms with van der Waals surface area (Å²) in [6.45, 7) is 5.97. The van der Waals surface area contributed by atoms with Crippen LogP contribution in [-0.2, 0) is 4.79 Å². The van der Waals surface area contributed by atoms with Crippen molar-refractivity contribution in [3.8, 4) is 11.3 Å². The second-order valence-electron chi connectivity index (χ2n) is 11.0. The van der Waals surface area contributed by atoms with Crippen molar-refractivity contribution in [2.24, 2.45) is 4.99 Å². The van der Waals surface area contributed by atoms with Crippen molar-refractivity contribution < 1.29 is 14.1 Å². The first kappa shape index (κ1) is 31.2. The van der Waals surface area contributed by atoms with E-state index in [-0.39, 0.29) is 27.2 Å². The number of nitrogens with one attached hydrogen (secondary N) is 1. The lowest BCUT2D eigenvalue weighted by Crippen LogP contribution is -2.40. The molecule has 9 nitrogen and oxygen atoms in total. The molecule has 3 heterocycles. The van der Waals surface area contributed by atoms with Crippen LogP contribution in [0.15, 0.2) is 104 Å². The summed E-state index contributed by atoms with van der Waals surface area (Å²) in [6.07, 6.45) is 1.59. The quantitative estimate of drug-likeness (QED) is 0.142. The number of aromatic nitrogens is 1. The van der Waals surface area contributed by atoms with E-state index in [9.17, 15) is 19.7 Å². The predicted octanol–water partition coefficient (Wildman–Crippen LogP) is 7.47. The van der Waals surface area contributed by atoms with Crippen LogP contribution in [0.4, 0.5) is 11.4 Å². The van der Waals surface area contributed by atoms with Crippen LogP contribution in [0, 0.1) is 10.1 Å². The van der Waals surface area contributed by atoms with E-state index in [1.165, 1.54) is 23.5 Å². The van der Waals surface area contributed by atoms with Gasteiger partial charge in [0, 0.05) is 23.4 Å². The predicted molar refractivity (Wildman–Crippen MR) is 180 cm³/mol. The highest BCUT2D eigenvalue weighted by Gasteiger charge is 2.32. The number of nitrogens with zero attached hydrogens (tertiary/aromatic N) is 3. The fourth-order valence-electron chi connectivity index (χ4n) is 5.28. The first-order chi connectivity index (χ1) is 22.0. The lowest BCUT2D eigenvalue weighted by molar-refractivity contribution is -0.384. The number of carbonyl (C=O) groups is 1. The number of fused-ring (bicyclic) bond motifs is 1. The lowest BCUT2D eigenvalue weighted by Gasteiger charge is -2.25. The van der Waals surface area contributed by atoms with E-state index in [2.05, 4.69) is 19.2 Å². The van der Waals surface area contributed by atoms with Gasteiger partial charge in [0.15, 0.2) is 4.80 Å². The molecule has 0 radical (unpaired) electrons. The van der Waals surface area contributed by atoms with Crippen molar-refractivity contribution in [3.63, 3.8) is 0 Å². The highest BCUT2D eigenvalue weighted by Crippen LogP contribution is 2.37. The van der Waals surface area contributed by atoms with Crippen LogP contribution in [0.25, 0.3) is 17.4 Å². The Balaban J connectivity index is 1.44. The number of amides is 1. The summed E-state index contributed by atoms with van der Waals surface area (Å²) in [5.41, 5.74) is 3.12. The molecule has 0 spiro atoms. The van der Waals surface area contributed by atoms with Crippen molar-refractivity contribution in [1.82, 2.24) is 4.57 Å². The number of nitro groups is 1. The molecule has 0 saturated heterocycles. The van der Waals surface area contributed by atoms with Crippen LogP contribution in [0.3, 0.4) is 0 Å². The Morgan fingerprint density at radius 2 is 1.78 bits per heavy atom. The number of benzene rings is 3. The number of para-hydroxylation sites is 1. The van der Waals surface area contributed by atoms with Crippen LogP contribution >= 0.6 is 34.5 Å². The summed E-state index contributed by atoms with van der Waals surface area (Å²) in [5, 5.41) is 14.2. The summed E-state index contributed by atoms with van der Waals surface area (Å²) in [4.78, 5) is 43.6. The molecule has 232 valence electrons. The molecule has 0 bridgehead atoms. The molecule has 0 aliphatic carbocycles.